The van der Waals surface area contributed by atoms with Crippen molar-refractivity contribution in [3.05, 3.63) is 65.7 Å². The number of Topliss-reactive ketones (excluding diaryl/α,β-unsaturated/α-hetero) is 1. The zero-order chi connectivity index (χ0) is 19.7. The van der Waals surface area contributed by atoms with Crippen molar-refractivity contribution in [1.29, 1.82) is 0 Å². The molecule has 0 amide bonds. The maximum atomic E-state index is 13.3. The summed E-state index contributed by atoms with van der Waals surface area (Å²) in [6.45, 7) is 5.82. The molecule has 3 rings (SSSR count). The largest absolute Gasteiger partial charge is 0.375 e. The van der Waals surface area contributed by atoms with E-state index in [4.69, 9.17) is 4.74 Å². The van der Waals surface area contributed by atoms with Crippen LogP contribution in [0, 0.1) is 0 Å². The van der Waals surface area contributed by atoms with Crippen LogP contribution in [0.5, 0.6) is 0 Å². The molecule has 144 valence electrons. The molecule has 1 atom stereocenters. The number of morpholine rings is 1. The Labute approximate surface area is 161 Å². The van der Waals surface area contributed by atoms with Crippen LogP contribution in [0.3, 0.4) is 0 Å². The van der Waals surface area contributed by atoms with Gasteiger partial charge in [0.05, 0.1) is 23.1 Å². The van der Waals surface area contributed by atoms with Gasteiger partial charge in [-0.1, -0.05) is 42.5 Å². The molecule has 1 heterocycles. The Kier molecular flexibility index (Phi) is 5.51. The lowest BCUT2D eigenvalue weighted by atomic mass is 10.0. The van der Waals surface area contributed by atoms with Crippen LogP contribution >= 0.6 is 0 Å². The predicted octanol–water partition coefficient (Wildman–Crippen LogP) is 3.30. The summed E-state index contributed by atoms with van der Waals surface area (Å²) >= 11 is 0. The van der Waals surface area contributed by atoms with E-state index in [1.54, 1.807) is 12.1 Å². The van der Waals surface area contributed by atoms with E-state index in [0.29, 0.717) is 25.1 Å². The summed E-state index contributed by atoms with van der Waals surface area (Å²) in [4.78, 5) is 11.6. The quantitative estimate of drug-likeness (QED) is 0.739. The van der Waals surface area contributed by atoms with Gasteiger partial charge in [-0.2, -0.15) is 4.31 Å². The third-order valence-electron chi connectivity index (χ3n) is 4.87. The Morgan fingerprint density at radius 1 is 1.11 bits per heavy atom. The number of carbonyl (C=O) groups is 1. The van der Waals surface area contributed by atoms with Crippen LogP contribution in [-0.2, 0) is 21.2 Å². The smallest absolute Gasteiger partial charge is 0.243 e. The van der Waals surface area contributed by atoms with Crippen molar-refractivity contribution in [3.63, 3.8) is 0 Å². The van der Waals surface area contributed by atoms with Gasteiger partial charge in [-0.25, -0.2) is 8.42 Å². The second-order valence-corrected chi connectivity index (χ2v) is 9.41. The summed E-state index contributed by atoms with van der Waals surface area (Å²) in [6.07, 6.45) is 0.457. The van der Waals surface area contributed by atoms with Gasteiger partial charge in [-0.15, -0.1) is 0 Å². The average Bonchev–Trinajstić information content (AvgIpc) is 2.64. The predicted molar refractivity (Wildman–Crippen MR) is 104 cm³/mol. The SMILES string of the molecule is CC(=O)c1ccc(S(=O)(=O)N2CC(Cc3ccccc3)OCC2(C)C)cc1. The Morgan fingerprint density at radius 2 is 1.74 bits per heavy atom. The highest BCUT2D eigenvalue weighted by molar-refractivity contribution is 7.89. The summed E-state index contributed by atoms with van der Waals surface area (Å²) in [5.74, 6) is -0.0893. The van der Waals surface area contributed by atoms with Gasteiger partial charge < -0.3 is 4.74 Å². The molecule has 6 heteroatoms. The molecular weight excluding hydrogens is 362 g/mol. The number of ketones is 1. The van der Waals surface area contributed by atoms with Crippen LogP contribution in [0.15, 0.2) is 59.5 Å². The molecule has 1 aliphatic rings. The molecule has 0 spiro atoms. The van der Waals surface area contributed by atoms with E-state index in [1.165, 1.54) is 23.4 Å². The van der Waals surface area contributed by atoms with Crippen molar-refractivity contribution in [3.8, 4) is 0 Å². The first kappa shape index (κ1) is 19.7. The lowest BCUT2D eigenvalue weighted by molar-refractivity contribution is -0.0629. The van der Waals surface area contributed by atoms with Crippen molar-refractivity contribution >= 4 is 15.8 Å². The Hall–Kier alpha value is -2.02. The summed E-state index contributed by atoms with van der Waals surface area (Å²) in [5, 5.41) is 0. The highest BCUT2D eigenvalue weighted by Gasteiger charge is 2.42. The fraction of sp³-hybridized carbons (Fsp3) is 0.381. The minimum absolute atomic E-state index is 0.0893. The van der Waals surface area contributed by atoms with Crippen molar-refractivity contribution in [2.24, 2.45) is 0 Å². The molecule has 0 bridgehead atoms. The summed E-state index contributed by atoms with van der Waals surface area (Å²) in [7, 11) is -3.70. The zero-order valence-corrected chi connectivity index (χ0v) is 16.7. The van der Waals surface area contributed by atoms with Gasteiger partial charge in [0, 0.05) is 12.1 Å². The first-order valence-electron chi connectivity index (χ1n) is 8.99. The zero-order valence-electron chi connectivity index (χ0n) is 15.9. The number of hydrogen-bond donors (Lipinski definition) is 0. The van der Waals surface area contributed by atoms with Gasteiger partial charge in [-0.05, 0) is 44.9 Å². The van der Waals surface area contributed by atoms with E-state index >= 15 is 0 Å². The van der Waals surface area contributed by atoms with E-state index < -0.39 is 15.6 Å². The Balaban J connectivity index is 1.85. The lowest BCUT2D eigenvalue weighted by Gasteiger charge is -2.44. The van der Waals surface area contributed by atoms with Gasteiger partial charge in [0.1, 0.15) is 0 Å². The number of carbonyl (C=O) groups excluding carboxylic acids is 1. The van der Waals surface area contributed by atoms with Crippen molar-refractivity contribution in [1.82, 2.24) is 4.31 Å². The molecule has 5 nitrogen and oxygen atoms in total. The fourth-order valence-electron chi connectivity index (χ4n) is 3.29. The number of benzene rings is 2. The van der Waals surface area contributed by atoms with Gasteiger partial charge >= 0.3 is 0 Å². The Bertz CT molecular complexity index is 905. The molecule has 0 N–H and O–H groups in total. The second-order valence-electron chi connectivity index (χ2n) is 7.55. The van der Waals surface area contributed by atoms with E-state index in [2.05, 4.69) is 0 Å². The number of rotatable bonds is 5. The second kappa shape index (κ2) is 7.54. The molecule has 1 saturated heterocycles. The van der Waals surface area contributed by atoms with E-state index in [9.17, 15) is 13.2 Å². The van der Waals surface area contributed by atoms with Gasteiger partial charge in [0.25, 0.3) is 0 Å². The molecule has 2 aromatic rings. The molecule has 0 radical (unpaired) electrons. The van der Waals surface area contributed by atoms with Crippen LogP contribution in [0.4, 0.5) is 0 Å². The van der Waals surface area contributed by atoms with Gasteiger partial charge in [0.15, 0.2) is 5.78 Å². The van der Waals surface area contributed by atoms with Crippen LogP contribution in [0.25, 0.3) is 0 Å². The number of ether oxygens (including phenoxy) is 1. The minimum Gasteiger partial charge on any atom is -0.375 e. The molecule has 0 aliphatic carbocycles. The average molecular weight is 388 g/mol. The summed E-state index contributed by atoms with van der Waals surface area (Å²) in [5.41, 5.74) is 0.966. The summed E-state index contributed by atoms with van der Waals surface area (Å²) in [6, 6.07) is 16.0. The molecule has 0 aromatic heterocycles. The van der Waals surface area contributed by atoms with E-state index in [-0.39, 0.29) is 16.8 Å². The van der Waals surface area contributed by atoms with Gasteiger partial charge in [-0.3, -0.25) is 4.79 Å². The van der Waals surface area contributed by atoms with E-state index in [0.717, 1.165) is 5.56 Å². The molecule has 1 aliphatic heterocycles. The Morgan fingerprint density at radius 3 is 2.33 bits per heavy atom. The molecule has 0 saturated carbocycles. The topological polar surface area (TPSA) is 63.7 Å². The minimum atomic E-state index is -3.70. The number of nitrogens with zero attached hydrogens (tertiary/aromatic N) is 1. The third kappa shape index (κ3) is 4.29. The maximum absolute atomic E-state index is 13.3. The highest BCUT2D eigenvalue weighted by Crippen LogP contribution is 2.30. The molecule has 2 aromatic carbocycles. The van der Waals surface area contributed by atoms with Crippen molar-refractivity contribution < 1.29 is 17.9 Å². The summed E-state index contributed by atoms with van der Waals surface area (Å²) < 4.78 is 34.0. The molecule has 1 fully saturated rings. The monoisotopic (exact) mass is 387 g/mol. The third-order valence-corrected chi connectivity index (χ3v) is 6.96. The highest BCUT2D eigenvalue weighted by atomic mass is 32.2. The molecule has 1 unspecified atom stereocenters. The molecule has 27 heavy (non-hydrogen) atoms. The van der Waals surface area contributed by atoms with Crippen LogP contribution in [0.1, 0.15) is 36.7 Å². The lowest BCUT2D eigenvalue weighted by Crippen LogP contribution is -2.58. The molecular formula is C21H25NO4S. The number of sulfonamides is 1. The van der Waals surface area contributed by atoms with Crippen LogP contribution in [0.2, 0.25) is 0 Å². The number of hydrogen-bond acceptors (Lipinski definition) is 4. The first-order chi connectivity index (χ1) is 12.7. The van der Waals surface area contributed by atoms with Gasteiger partial charge in [0.2, 0.25) is 10.0 Å². The van der Waals surface area contributed by atoms with Crippen LogP contribution in [-0.4, -0.2) is 43.3 Å². The first-order valence-corrected chi connectivity index (χ1v) is 10.4. The van der Waals surface area contributed by atoms with E-state index in [1.807, 2.05) is 44.2 Å². The standard InChI is InChI=1S/C21H25NO4S/c1-16(23)18-9-11-20(12-10-18)27(24,25)22-14-19(26-15-21(22,2)3)13-17-7-5-4-6-8-17/h4-12,19H,13-15H2,1-3H3. The normalized spacial score (nSPS) is 20.3. The van der Waals surface area contributed by atoms with Crippen molar-refractivity contribution in [2.45, 2.75) is 43.7 Å². The fourth-order valence-corrected chi connectivity index (χ4v) is 5.09. The van der Waals surface area contributed by atoms with Crippen LogP contribution < -0.4 is 0 Å². The maximum Gasteiger partial charge on any atom is 0.243 e. The van der Waals surface area contributed by atoms with Crippen molar-refractivity contribution in [2.75, 3.05) is 13.2 Å².